The first-order valence-electron chi connectivity index (χ1n) is 7.36. The van der Waals surface area contributed by atoms with Crippen molar-refractivity contribution >= 4 is 27.1 Å². The minimum absolute atomic E-state index is 0.193. The van der Waals surface area contributed by atoms with Gasteiger partial charge < -0.3 is 10.5 Å². The van der Waals surface area contributed by atoms with Crippen molar-refractivity contribution in [3.8, 4) is 0 Å². The SMILES string of the molecule is Nc1ccc(S(=O)(=O)C2CCOC3(CCCC3)C2)c(Cl)c1. The van der Waals surface area contributed by atoms with Crippen molar-refractivity contribution in [3.63, 3.8) is 0 Å². The van der Waals surface area contributed by atoms with Gasteiger partial charge in [-0.05, 0) is 43.9 Å². The molecule has 6 heteroatoms. The van der Waals surface area contributed by atoms with Crippen molar-refractivity contribution in [2.75, 3.05) is 12.3 Å². The quantitative estimate of drug-likeness (QED) is 0.846. The molecule has 4 nitrogen and oxygen atoms in total. The zero-order valence-corrected chi connectivity index (χ0v) is 13.4. The molecule has 0 bridgehead atoms. The summed E-state index contributed by atoms with van der Waals surface area (Å²) in [5, 5.41) is -0.201. The van der Waals surface area contributed by atoms with Crippen LogP contribution in [-0.4, -0.2) is 25.9 Å². The monoisotopic (exact) mass is 329 g/mol. The van der Waals surface area contributed by atoms with E-state index in [1.807, 2.05) is 0 Å². The number of nitrogen functional groups attached to an aromatic ring is 1. The predicted octanol–water partition coefficient (Wildman–Crippen LogP) is 3.19. The highest BCUT2D eigenvalue weighted by Crippen LogP contribution is 2.43. The fraction of sp³-hybridized carbons (Fsp3) is 0.600. The summed E-state index contributed by atoms with van der Waals surface area (Å²) in [4.78, 5) is 0.193. The van der Waals surface area contributed by atoms with E-state index < -0.39 is 15.1 Å². The summed E-state index contributed by atoms with van der Waals surface area (Å²) >= 11 is 6.09. The normalized spacial score (nSPS) is 25.3. The number of ether oxygens (including phenoxy) is 1. The number of anilines is 1. The molecule has 116 valence electrons. The van der Waals surface area contributed by atoms with Gasteiger partial charge in [-0.2, -0.15) is 0 Å². The largest absolute Gasteiger partial charge is 0.399 e. The average molecular weight is 330 g/mol. The van der Waals surface area contributed by atoms with Crippen LogP contribution in [0.5, 0.6) is 0 Å². The number of hydrogen-bond donors (Lipinski definition) is 1. The molecule has 2 fully saturated rings. The Morgan fingerprint density at radius 2 is 2.00 bits per heavy atom. The van der Waals surface area contributed by atoms with Crippen LogP contribution in [0.1, 0.15) is 38.5 Å². The maximum absolute atomic E-state index is 12.9. The molecule has 21 heavy (non-hydrogen) atoms. The van der Waals surface area contributed by atoms with E-state index in [4.69, 9.17) is 22.1 Å². The molecule has 1 saturated carbocycles. The number of hydrogen-bond acceptors (Lipinski definition) is 4. The molecule has 0 aromatic heterocycles. The minimum atomic E-state index is -3.44. The topological polar surface area (TPSA) is 69.4 Å². The third-order valence-corrected chi connectivity index (χ3v) is 7.34. The van der Waals surface area contributed by atoms with Crippen molar-refractivity contribution in [2.45, 2.75) is 54.3 Å². The number of halogens is 1. The maximum atomic E-state index is 12.9. The highest BCUT2D eigenvalue weighted by atomic mass is 35.5. The first kappa shape index (κ1) is 15.1. The van der Waals surface area contributed by atoms with Crippen LogP contribution in [-0.2, 0) is 14.6 Å². The predicted molar refractivity (Wildman–Crippen MR) is 83.2 cm³/mol. The van der Waals surface area contributed by atoms with Gasteiger partial charge in [-0.15, -0.1) is 0 Å². The molecule has 2 aliphatic rings. The molecular weight excluding hydrogens is 310 g/mol. The summed E-state index contributed by atoms with van der Waals surface area (Å²) in [5.74, 6) is 0. The first-order chi connectivity index (χ1) is 9.93. The summed E-state index contributed by atoms with van der Waals surface area (Å²) in [6.07, 6.45) is 5.29. The Labute approximate surface area is 130 Å². The summed E-state index contributed by atoms with van der Waals surface area (Å²) < 4.78 is 31.7. The smallest absolute Gasteiger partial charge is 0.182 e. The molecule has 3 rings (SSSR count). The zero-order chi connectivity index (χ0) is 15.1. The van der Waals surface area contributed by atoms with Gasteiger partial charge in [0.2, 0.25) is 0 Å². The molecule has 1 aliphatic heterocycles. The standard InChI is InChI=1S/C15H20ClNO3S/c16-13-9-11(17)3-4-14(13)21(18,19)12-5-8-20-15(10-12)6-1-2-7-15/h3-4,9,12H,1-2,5-8,10,17H2. The van der Waals surface area contributed by atoms with Crippen LogP contribution in [0.2, 0.25) is 5.02 Å². The number of rotatable bonds is 2. The van der Waals surface area contributed by atoms with Crippen LogP contribution in [0.15, 0.2) is 23.1 Å². The molecule has 1 atom stereocenters. The van der Waals surface area contributed by atoms with Gasteiger partial charge in [0.1, 0.15) is 0 Å². The fourth-order valence-electron chi connectivity index (χ4n) is 3.54. The van der Waals surface area contributed by atoms with E-state index in [-0.39, 0.29) is 15.5 Å². The highest BCUT2D eigenvalue weighted by molar-refractivity contribution is 7.92. The van der Waals surface area contributed by atoms with Crippen molar-refractivity contribution in [3.05, 3.63) is 23.2 Å². The molecular formula is C15H20ClNO3S. The Morgan fingerprint density at radius 1 is 1.29 bits per heavy atom. The van der Waals surface area contributed by atoms with Crippen LogP contribution < -0.4 is 5.73 Å². The third kappa shape index (κ3) is 2.79. The van der Waals surface area contributed by atoms with Gasteiger partial charge in [-0.3, -0.25) is 0 Å². The number of nitrogens with two attached hydrogens (primary N) is 1. The van der Waals surface area contributed by atoms with E-state index in [9.17, 15) is 8.42 Å². The van der Waals surface area contributed by atoms with Gasteiger partial charge in [0.15, 0.2) is 9.84 Å². The Hall–Kier alpha value is -0.780. The van der Waals surface area contributed by atoms with Crippen LogP contribution in [0.4, 0.5) is 5.69 Å². The van der Waals surface area contributed by atoms with Crippen molar-refractivity contribution in [1.29, 1.82) is 0 Å². The summed E-state index contributed by atoms with van der Waals surface area (Å²) in [5.41, 5.74) is 5.89. The minimum Gasteiger partial charge on any atom is -0.399 e. The molecule has 1 aromatic carbocycles. The molecule has 1 unspecified atom stereocenters. The molecule has 1 aliphatic carbocycles. The Bertz CT molecular complexity index is 638. The molecule has 1 aromatic rings. The lowest BCUT2D eigenvalue weighted by atomic mass is 9.92. The fourth-order valence-corrected chi connectivity index (χ4v) is 5.93. The second-order valence-electron chi connectivity index (χ2n) is 6.09. The van der Waals surface area contributed by atoms with Gasteiger partial charge in [0.25, 0.3) is 0 Å². The van der Waals surface area contributed by atoms with E-state index in [2.05, 4.69) is 0 Å². The highest BCUT2D eigenvalue weighted by Gasteiger charge is 2.44. The maximum Gasteiger partial charge on any atom is 0.182 e. The Morgan fingerprint density at radius 3 is 2.67 bits per heavy atom. The summed E-state index contributed by atoms with van der Waals surface area (Å²) in [6.45, 7) is 0.510. The zero-order valence-electron chi connectivity index (χ0n) is 11.8. The molecule has 1 heterocycles. The molecule has 0 radical (unpaired) electrons. The van der Waals surface area contributed by atoms with Crippen LogP contribution in [0.3, 0.4) is 0 Å². The molecule has 1 spiro atoms. The van der Waals surface area contributed by atoms with E-state index in [0.29, 0.717) is 25.1 Å². The second-order valence-corrected chi connectivity index (χ2v) is 8.69. The summed E-state index contributed by atoms with van der Waals surface area (Å²) in [6, 6.07) is 4.60. The molecule has 1 saturated heterocycles. The van der Waals surface area contributed by atoms with Gasteiger partial charge in [-0.25, -0.2) is 8.42 Å². The Kier molecular flexibility index (Phi) is 3.93. The van der Waals surface area contributed by atoms with Gasteiger partial charge in [-0.1, -0.05) is 24.4 Å². The summed E-state index contributed by atoms with van der Waals surface area (Å²) in [7, 11) is -3.44. The van der Waals surface area contributed by atoms with Crippen LogP contribution in [0, 0.1) is 0 Å². The third-order valence-electron chi connectivity index (χ3n) is 4.66. The molecule has 0 amide bonds. The molecule has 2 N–H and O–H groups in total. The second kappa shape index (κ2) is 5.45. The van der Waals surface area contributed by atoms with E-state index in [0.717, 1.165) is 25.7 Å². The van der Waals surface area contributed by atoms with Crippen molar-refractivity contribution < 1.29 is 13.2 Å². The van der Waals surface area contributed by atoms with Gasteiger partial charge in [0.05, 0.1) is 20.8 Å². The van der Waals surface area contributed by atoms with Crippen LogP contribution >= 0.6 is 11.6 Å². The number of benzene rings is 1. The van der Waals surface area contributed by atoms with Gasteiger partial charge in [0, 0.05) is 12.3 Å². The van der Waals surface area contributed by atoms with E-state index in [1.54, 1.807) is 6.07 Å². The Balaban J connectivity index is 1.90. The lowest BCUT2D eigenvalue weighted by Gasteiger charge is -2.38. The van der Waals surface area contributed by atoms with Crippen molar-refractivity contribution in [2.24, 2.45) is 0 Å². The number of sulfone groups is 1. The van der Waals surface area contributed by atoms with Crippen molar-refractivity contribution in [1.82, 2.24) is 0 Å². The van der Waals surface area contributed by atoms with Crippen LogP contribution in [0.25, 0.3) is 0 Å². The average Bonchev–Trinajstić information content (AvgIpc) is 2.86. The van der Waals surface area contributed by atoms with Gasteiger partial charge >= 0.3 is 0 Å². The lowest BCUT2D eigenvalue weighted by molar-refractivity contribution is -0.0713. The first-order valence-corrected chi connectivity index (χ1v) is 9.28. The van der Waals surface area contributed by atoms with E-state index in [1.165, 1.54) is 12.1 Å². The van der Waals surface area contributed by atoms with E-state index >= 15 is 0 Å². The lowest BCUT2D eigenvalue weighted by Crippen LogP contribution is -2.42.